The van der Waals surface area contributed by atoms with Gasteiger partial charge in [-0.05, 0) is 109 Å². The summed E-state index contributed by atoms with van der Waals surface area (Å²) in [5, 5.41) is 23.3. The number of carbonyl (C=O) groups is 11. The highest BCUT2D eigenvalue weighted by molar-refractivity contribution is 6.00. The maximum atomic E-state index is 15.3. The summed E-state index contributed by atoms with van der Waals surface area (Å²) in [5.41, 5.74) is -1.01. The number of rotatable bonds is 19. The second kappa shape index (κ2) is 37.0. The van der Waals surface area contributed by atoms with E-state index in [0.717, 1.165) is 16.2 Å². The summed E-state index contributed by atoms with van der Waals surface area (Å²) >= 11 is 0. The Morgan fingerprint density at radius 3 is 1.37 bits per heavy atom. The third kappa shape index (κ3) is 22.7. The van der Waals surface area contributed by atoms with E-state index >= 15 is 14.4 Å². The van der Waals surface area contributed by atoms with Gasteiger partial charge in [-0.15, -0.1) is 0 Å². The van der Waals surface area contributed by atoms with Crippen LogP contribution in [0.2, 0.25) is 0 Å². The summed E-state index contributed by atoms with van der Waals surface area (Å²) in [5.74, 6) is -9.71. The molecular weight excluding hydrogens is 1150 g/mol. The lowest BCUT2D eigenvalue weighted by molar-refractivity contribution is -0.157. The number of nitrogens with zero attached hydrogens (tertiary/aromatic N) is 7. The van der Waals surface area contributed by atoms with E-state index in [0.29, 0.717) is 25.9 Å². The molecule has 1 fully saturated rings. The minimum absolute atomic E-state index is 0.00858. The SMILES string of the molecule is CCCC[C@@H](C)[C@@H](O)[C@H]1C(=O)N[C@@H](CC)C(=O)N(C)[C@H](C)C(=O)N(C)[C@@H](CC(C)(C)OCCC)C(=O)N[C@@H](C(C)C)C(=O)N(C)[C@@H](CC(C)C)C(=O)N[C@@H](C)C(=O)N[C@H](C)C(=O)N(C)[C@@H](CC(C)C)C(=O)N(C)[C@@H](CC(C)C)C(=O)N(C)[C@@H](C(C)C)C(=O)N1C. The molecule has 0 aromatic heterocycles. The van der Waals surface area contributed by atoms with Crippen LogP contribution in [0.25, 0.3) is 0 Å². The second-order valence-electron chi connectivity index (χ2n) is 28.0. The molecule has 24 heteroatoms. The fraction of sp³-hybridized carbons (Fsp3) is 0.833. The standard InChI is InChI=1S/C66H121N11O13/c1-27-30-31-42(14)54(78)53-58(82)69-46(29-3)61(85)71(20)45(17)60(84)75(24)50(36-66(18,19)90-32-28-2)57(81)70-51(40(10)11)64(88)72(21)47(33-37(4)5)56(80)67-43(15)55(79)68-44(16)59(83)73(22)48(34-38(6)7)62(86)74(23)49(35-39(8)9)63(87)76(25)52(41(12)13)65(89)77(53)26/h37-54,78H,27-36H2,1-26H3,(H,67,80)(H,68,79)(H,69,82)(H,70,81)/t42-,43+,44-,45-,46+,47+,48+,49+,50+,51+,52+,53+,54-/m1/s1. The minimum atomic E-state index is -1.60. The van der Waals surface area contributed by atoms with Crippen LogP contribution in [-0.2, 0) is 57.5 Å². The molecule has 0 aromatic rings. The van der Waals surface area contributed by atoms with E-state index in [9.17, 15) is 43.5 Å². The molecule has 1 aliphatic heterocycles. The predicted molar refractivity (Wildman–Crippen MR) is 349 cm³/mol. The third-order valence-electron chi connectivity index (χ3n) is 17.5. The van der Waals surface area contributed by atoms with Crippen molar-refractivity contribution in [3.05, 3.63) is 0 Å². The number of likely N-dealkylation sites (N-methyl/N-ethyl adjacent to an activating group) is 7. The molecule has 1 rings (SSSR count). The average Bonchev–Trinajstić information content (AvgIpc) is 1.65. The van der Waals surface area contributed by atoms with E-state index in [2.05, 4.69) is 21.3 Å². The molecule has 90 heavy (non-hydrogen) atoms. The molecule has 0 radical (unpaired) electrons. The molecule has 5 N–H and O–H groups in total. The molecule has 1 aliphatic rings. The maximum Gasteiger partial charge on any atom is 0.246 e. The van der Waals surface area contributed by atoms with Gasteiger partial charge in [0.15, 0.2) is 0 Å². The molecule has 0 unspecified atom stereocenters. The summed E-state index contributed by atoms with van der Waals surface area (Å²) < 4.78 is 6.18. The van der Waals surface area contributed by atoms with Gasteiger partial charge in [0.05, 0.1) is 11.7 Å². The van der Waals surface area contributed by atoms with Crippen LogP contribution >= 0.6 is 0 Å². The van der Waals surface area contributed by atoms with E-state index in [-0.39, 0.29) is 49.9 Å². The lowest BCUT2D eigenvalue weighted by Gasteiger charge is -2.41. The van der Waals surface area contributed by atoms with Gasteiger partial charge in [0.2, 0.25) is 65.0 Å². The monoisotopic (exact) mass is 1280 g/mol. The van der Waals surface area contributed by atoms with Gasteiger partial charge in [0.25, 0.3) is 0 Å². The van der Waals surface area contributed by atoms with Crippen molar-refractivity contribution in [2.24, 2.45) is 35.5 Å². The number of ether oxygens (including phenoxy) is 1. The van der Waals surface area contributed by atoms with Gasteiger partial charge in [-0.3, -0.25) is 52.7 Å². The number of hydrogen-bond acceptors (Lipinski definition) is 13. The van der Waals surface area contributed by atoms with Gasteiger partial charge >= 0.3 is 0 Å². The van der Waals surface area contributed by atoms with Crippen LogP contribution in [0.4, 0.5) is 0 Å². The van der Waals surface area contributed by atoms with E-state index in [1.54, 1.807) is 55.4 Å². The first kappa shape index (κ1) is 82.1. The summed E-state index contributed by atoms with van der Waals surface area (Å²) in [7, 11) is 9.96. The number of unbranched alkanes of at least 4 members (excludes halogenated alkanes) is 1. The summed E-state index contributed by atoms with van der Waals surface area (Å²) in [6.45, 7) is 33.7. The zero-order valence-electron chi connectivity index (χ0n) is 59.9. The van der Waals surface area contributed by atoms with Gasteiger partial charge in [-0.25, -0.2) is 0 Å². The Kier molecular flexibility index (Phi) is 33.7. The molecule has 11 amide bonds. The smallest absolute Gasteiger partial charge is 0.246 e. The highest BCUT2D eigenvalue weighted by atomic mass is 16.5. The van der Waals surface area contributed by atoms with Crippen LogP contribution in [-0.4, -0.2) is 238 Å². The van der Waals surface area contributed by atoms with E-state index in [1.165, 1.54) is 94.6 Å². The van der Waals surface area contributed by atoms with Gasteiger partial charge in [-0.2, -0.15) is 0 Å². The molecule has 1 heterocycles. The van der Waals surface area contributed by atoms with Crippen molar-refractivity contribution in [1.29, 1.82) is 0 Å². The first-order valence-corrected chi connectivity index (χ1v) is 32.9. The third-order valence-corrected chi connectivity index (χ3v) is 17.5. The van der Waals surface area contributed by atoms with Crippen molar-refractivity contribution in [3.63, 3.8) is 0 Å². The largest absolute Gasteiger partial charge is 0.390 e. The van der Waals surface area contributed by atoms with Gasteiger partial charge < -0.3 is 65.4 Å². The first-order valence-electron chi connectivity index (χ1n) is 32.9. The first-order chi connectivity index (χ1) is 41.5. The predicted octanol–water partition coefficient (Wildman–Crippen LogP) is 4.43. The fourth-order valence-electron chi connectivity index (χ4n) is 11.5. The summed E-state index contributed by atoms with van der Waals surface area (Å²) in [6, 6.07) is -13.9. The van der Waals surface area contributed by atoms with Crippen LogP contribution in [0, 0.1) is 35.5 Å². The van der Waals surface area contributed by atoms with Crippen molar-refractivity contribution < 1.29 is 62.6 Å². The van der Waals surface area contributed by atoms with Crippen LogP contribution in [0.5, 0.6) is 0 Å². The maximum absolute atomic E-state index is 15.3. The Morgan fingerprint density at radius 2 is 0.900 bits per heavy atom. The van der Waals surface area contributed by atoms with Crippen molar-refractivity contribution in [3.8, 4) is 0 Å². The second-order valence-corrected chi connectivity index (χ2v) is 28.0. The Balaban J connectivity index is 4.45. The van der Waals surface area contributed by atoms with Crippen molar-refractivity contribution >= 4 is 65.0 Å². The van der Waals surface area contributed by atoms with Crippen LogP contribution in [0.1, 0.15) is 189 Å². The molecule has 1 saturated heterocycles. The zero-order chi connectivity index (χ0) is 69.9. The van der Waals surface area contributed by atoms with Crippen LogP contribution in [0.15, 0.2) is 0 Å². The van der Waals surface area contributed by atoms with Gasteiger partial charge in [0, 0.05) is 62.4 Å². The molecule has 13 atom stereocenters. The Morgan fingerprint density at radius 1 is 0.456 bits per heavy atom. The number of amides is 11. The zero-order valence-corrected chi connectivity index (χ0v) is 59.9. The van der Waals surface area contributed by atoms with Gasteiger partial charge in [0.1, 0.15) is 66.5 Å². The fourth-order valence-corrected chi connectivity index (χ4v) is 11.5. The Hall–Kier alpha value is -5.91. The van der Waals surface area contributed by atoms with E-state index < -0.39 is 161 Å². The minimum Gasteiger partial charge on any atom is -0.390 e. The van der Waals surface area contributed by atoms with Crippen molar-refractivity contribution in [1.82, 2.24) is 55.6 Å². The molecule has 0 aliphatic carbocycles. The lowest BCUT2D eigenvalue weighted by Crippen LogP contribution is -2.64. The molecule has 24 nitrogen and oxygen atoms in total. The molecular formula is C66H121N11O13. The Bertz CT molecular complexity index is 2420. The van der Waals surface area contributed by atoms with Crippen molar-refractivity contribution in [2.45, 2.75) is 268 Å². The number of carbonyl (C=O) groups excluding carboxylic acids is 11. The quantitative estimate of drug-likeness (QED) is 0.120. The molecule has 0 saturated carbocycles. The van der Waals surface area contributed by atoms with Crippen LogP contribution < -0.4 is 21.3 Å². The highest BCUT2D eigenvalue weighted by Crippen LogP contribution is 2.27. The van der Waals surface area contributed by atoms with E-state index in [4.69, 9.17) is 4.74 Å². The Labute approximate surface area is 540 Å². The highest BCUT2D eigenvalue weighted by Gasteiger charge is 2.46. The summed E-state index contributed by atoms with van der Waals surface area (Å²) in [4.78, 5) is 171. The molecule has 0 bridgehead atoms. The normalized spacial score (nSPS) is 27.0. The van der Waals surface area contributed by atoms with Crippen LogP contribution in [0.3, 0.4) is 0 Å². The van der Waals surface area contributed by atoms with Crippen molar-refractivity contribution in [2.75, 3.05) is 55.9 Å². The van der Waals surface area contributed by atoms with Gasteiger partial charge in [-0.1, -0.05) is 110 Å². The number of hydrogen-bond donors (Lipinski definition) is 5. The average molecular weight is 1280 g/mol. The molecule has 518 valence electrons. The number of aliphatic hydroxyl groups excluding tert-OH is 1. The molecule has 0 aromatic carbocycles. The lowest BCUT2D eigenvalue weighted by atomic mass is 9.90. The van der Waals surface area contributed by atoms with E-state index in [1.807, 2.05) is 55.4 Å². The topological polar surface area (TPSA) is 288 Å². The summed E-state index contributed by atoms with van der Waals surface area (Å²) in [6.07, 6.45) is 1.51. The molecule has 0 spiro atoms. The number of aliphatic hydroxyl groups is 1. The number of nitrogens with one attached hydrogen (secondary N) is 4.